The smallest absolute Gasteiger partial charge is 0.253 e. The summed E-state index contributed by atoms with van der Waals surface area (Å²) < 4.78 is 13.7. The zero-order chi connectivity index (χ0) is 20.4. The van der Waals surface area contributed by atoms with Crippen LogP contribution in [0.4, 0.5) is 4.39 Å². The molecule has 29 heavy (non-hydrogen) atoms. The van der Waals surface area contributed by atoms with Crippen molar-refractivity contribution in [3.8, 4) is 0 Å². The van der Waals surface area contributed by atoms with Gasteiger partial charge >= 0.3 is 0 Å². The van der Waals surface area contributed by atoms with Crippen LogP contribution >= 0.6 is 0 Å². The molecule has 0 spiro atoms. The van der Waals surface area contributed by atoms with Crippen LogP contribution in [0.1, 0.15) is 47.7 Å². The average Bonchev–Trinajstić information content (AvgIpc) is 2.73. The first kappa shape index (κ1) is 19.6. The quantitative estimate of drug-likeness (QED) is 0.792. The van der Waals surface area contributed by atoms with E-state index in [9.17, 15) is 14.0 Å². The highest BCUT2D eigenvalue weighted by molar-refractivity contribution is 5.94. The summed E-state index contributed by atoms with van der Waals surface area (Å²) in [7, 11) is 0. The number of benzene rings is 2. The van der Waals surface area contributed by atoms with E-state index in [0.717, 1.165) is 31.2 Å². The molecular formula is C24H27FN2O2. The molecule has 152 valence electrons. The second kappa shape index (κ2) is 7.97. The molecule has 4 nitrogen and oxygen atoms in total. The molecule has 1 aliphatic carbocycles. The summed E-state index contributed by atoms with van der Waals surface area (Å²) in [5.74, 6) is -0.205. The van der Waals surface area contributed by atoms with Crippen LogP contribution in [0.15, 0.2) is 48.5 Å². The standard InChI is InChI=1S/C24H27FN2O2/c1-2-18-7-9-19(10-8-18)22(28)26-13-15-27(16-14-26)23(29)24(11-4-12-24)20-5-3-6-21(25)17-20/h3,5-10,17H,2,4,11-16H2,1H3. The summed E-state index contributed by atoms with van der Waals surface area (Å²) in [6, 6.07) is 14.2. The fourth-order valence-corrected chi connectivity index (χ4v) is 4.42. The van der Waals surface area contributed by atoms with Crippen molar-refractivity contribution >= 4 is 11.8 Å². The number of aryl methyl sites for hydroxylation is 1. The third-order valence-electron chi connectivity index (χ3n) is 6.46. The van der Waals surface area contributed by atoms with Crippen LogP contribution in [-0.4, -0.2) is 47.8 Å². The fraction of sp³-hybridized carbons (Fsp3) is 0.417. The first-order valence-electron chi connectivity index (χ1n) is 10.5. The first-order valence-corrected chi connectivity index (χ1v) is 10.5. The minimum atomic E-state index is -0.593. The zero-order valence-corrected chi connectivity index (χ0v) is 16.9. The van der Waals surface area contributed by atoms with Crippen LogP contribution < -0.4 is 0 Å². The molecule has 2 amide bonds. The number of rotatable bonds is 4. The van der Waals surface area contributed by atoms with E-state index in [2.05, 4.69) is 6.92 Å². The molecule has 0 N–H and O–H groups in total. The van der Waals surface area contributed by atoms with Gasteiger partial charge in [0, 0.05) is 31.7 Å². The van der Waals surface area contributed by atoms with Gasteiger partial charge in [0.2, 0.25) is 5.91 Å². The van der Waals surface area contributed by atoms with Crippen LogP contribution in [0.5, 0.6) is 0 Å². The Morgan fingerprint density at radius 3 is 2.17 bits per heavy atom. The van der Waals surface area contributed by atoms with E-state index in [1.807, 2.05) is 40.1 Å². The molecule has 1 heterocycles. The highest BCUT2D eigenvalue weighted by atomic mass is 19.1. The van der Waals surface area contributed by atoms with E-state index in [0.29, 0.717) is 31.7 Å². The van der Waals surface area contributed by atoms with Gasteiger partial charge in [-0.05, 0) is 54.7 Å². The van der Waals surface area contributed by atoms with Gasteiger partial charge in [0.15, 0.2) is 0 Å². The van der Waals surface area contributed by atoms with E-state index >= 15 is 0 Å². The number of nitrogens with zero attached hydrogens (tertiary/aromatic N) is 2. The number of halogens is 1. The van der Waals surface area contributed by atoms with Gasteiger partial charge in [-0.2, -0.15) is 0 Å². The molecule has 0 aromatic heterocycles. The highest BCUT2D eigenvalue weighted by Crippen LogP contribution is 2.45. The number of carbonyl (C=O) groups excluding carboxylic acids is 2. The van der Waals surface area contributed by atoms with E-state index in [4.69, 9.17) is 0 Å². The average molecular weight is 394 g/mol. The van der Waals surface area contributed by atoms with Gasteiger partial charge in [-0.3, -0.25) is 9.59 Å². The highest BCUT2D eigenvalue weighted by Gasteiger charge is 2.48. The SMILES string of the molecule is CCc1ccc(C(=O)N2CCN(C(=O)C3(c4cccc(F)c4)CCC3)CC2)cc1. The molecule has 1 saturated heterocycles. The van der Waals surface area contributed by atoms with Crippen molar-refractivity contribution in [3.63, 3.8) is 0 Å². The van der Waals surface area contributed by atoms with Crippen molar-refractivity contribution in [2.45, 2.75) is 38.0 Å². The molecule has 0 bridgehead atoms. The maximum atomic E-state index is 13.7. The summed E-state index contributed by atoms with van der Waals surface area (Å²) in [6.07, 6.45) is 3.45. The van der Waals surface area contributed by atoms with Crippen LogP contribution in [0, 0.1) is 5.82 Å². The van der Waals surface area contributed by atoms with Gasteiger partial charge in [-0.1, -0.05) is 37.6 Å². The summed E-state index contributed by atoms with van der Waals surface area (Å²) in [5, 5.41) is 0. The van der Waals surface area contributed by atoms with Gasteiger partial charge in [-0.15, -0.1) is 0 Å². The van der Waals surface area contributed by atoms with Gasteiger partial charge in [0.25, 0.3) is 5.91 Å². The van der Waals surface area contributed by atoms with Crippen LogP contribution in [0.3, 0.4) is 0 Å². The number of hydrogen-bond acceptors (Lipinski definition) is 2. The molecule has 1 saturated carbocycles. The Bertz CT molecular complexity index is 897. The molecule has 5 heteroatoms. The molecule has 2 fully saturated rings. The predicted molar refractivity (Wildman–Crippen MR) is 110 cm³/mol. The molecule has 1 aliphatic heterocycles. The maximum Gasteiger partial charge on any atom is 0.253 e. The van der Waals surface area contributed by atoms with E-state index < -0.39 is 5.41 Å². The third kappa shape index (κ3) is 3.66. The Morgan fingerprint density at radius 2 is 1.62 bits per heavy atom. The fourth-order valence-electron chi connectivity index (χ4n) is 4.42. The molecule has 0 atom stereocenters. The van der Waals surface area contributed by atoms with Crippen molar-refractivity contribution in [2.24, 2.45) is 0 Å². The van der Waals surface area contributed by atoms with Crippen LogP contribution in [0.25, 0.3) is 0 Å². The number of hydrogen-bond donors (Lipinski definition) is 0. The van der Waals surface area contributed by atoms with Crippen LogP contribution in [-0.2, 0) is 16.6 Å². The molecule has 4 rings (SSSR count). The molecule has 2 aliphatic rings. The van der Waals surface area contributed by atoms with Gasteiger partial charge < -0.3 is 9.80 Å². The lowest BCUT2D eigenvalue weighted by Crippen LogP contribution is -2.57. The Kier molecular flexibility index (Phi) is 5.39. The second-order valence-corrected chi connectivity index (χ2v) is 8.08. The van der Waals surface area contributed by atoms with E-state index in [-0.39, 0.29) is 17.6 Å². The Labute approximate surface area is 171 Å². The Balaban J connectivity index is 1.42. The van der Waals surface area contributed by atoms with E-state index in [1.165, 1.54) is 17.7 Å². The first-order chi connectivity index (χ1) is 14.0. The summed E-state index contributed by atoms with van der Waals surface area (Å²) >= 11 is 0. The largest absolute Gasteiger partial charge is 0.338 e. The van der Waals surface area contributed by atoms with Gasteiger partial charge in [0.1, 0.15) is 5.82 Å². The zero-order valence-electron chi connectivity index (χ0n) is 16.9. The second-order valence-electron chi connectivity index (χ2n) is 8.08. The minimum Gasteiger partial charge on any atom is -0.338 e. The monoisotopic (exact) mass is 394 g/mol. The number of amides is 2. The molecule has 2 aromatic rings. The molecular weight excluding hydrogens is 367 g/mol. The van der Waals surface area contributed by atoms with Crippen molar-refractivity contribution in [2.75, 3.05) is 26.2 Å². The van der Waals surface area contributed by atoms with Gasteiger partial charge in [0.05, 0.1) is 5.41 Å². The Morgan fingerprint density at radius 1 is 0.966 bits per heavy atom. The van der Waals surface area contributed by atoms with Crippen molar-refractivity contribution in [3.05, 3.63) is 71.0 Å². The Hall–Kier alpha value is -2.69. The summed E-state index contributed by atoms with van der Waals surface area (Å²) in [5.41, 5.74) is 2.09. The molecule has 0 radical (unpaired) electrons. The van der Waals surface area contributed by atoms with Crippen molar-refractivity contribution in [1.29, 1.82) is 0 Å². The third-order valence-corrected chi connectivity index (χ3v) is 6.46. The normalized spacial score (nSPS) is 18.3. The lowest BCUT2D eigenvalue weighted by Gasteiger charge is -2.46. The summed E-state index contributed by atoms with van der Waals surface area (Å²) in [4.78, 5) is 29.8. The number of carbonyl (C=O) groups is 2. The summed E-state index contributed by atoms with van der Waals surface area (Å²) in [6.45, 7) is 4.19. The van der Waals surface area contributed by atoms with E-state index in [1.54, 1.807) is 6.07 Å². The topological polar surface area (TPSA) is 40.6 Å². The number of piperazine rings is 1. The lowest BCUT2D eigenvalue weighted by molar-refractivity contribution is -0.142. The lowest BCUT2D eigenvalue weighted by atomic mass is 9.63. The van der Waals surface area contributed by atoms with Gasteiger partial charge in [-0.25, -0.2) is 4.39 Å². The minimum absolute atomic E-state index is 0.0169. The molecule has 0 unspecified atom stereocenters. The predicted octanol–water partition coefficient (Wildman–Crippen LogP) is 3.79. The van der Waals surface area contributed by atoms with Crippen molar-refractivity contribution in [1.82, 2.24) is 9.80 Å². The van der Waals surface area contributed by atoms with Crippen LogP contribution in [0.2, 0.25) is 0 Å². The van der Waals surface area contributed by atoms with Crippen molar-refractivity contribution < 1.29 is 14.0 Å². The molecule has 2 aromatic carbocycles. The maximum absolute atomic E-state index is 13.7.